The predicted octanol–water partition coefficient (Wildman–Crippen LogP) is 15.9. The van der Waals surface area contributed by atoms with E-state index in [0.29, 0.717) is 28.2 Å². The highest BCUT2D eigenvalue weighted by molar-refractivity contribution is 8.90. The molecule has 0 spiro atoms. The summed E-state index contributed by atoms with van der Waals surface area (Å²) < 4.78 is 16.4. The van der Waals surface area contributed by atoms with Crippen molar-refractivity contribution in [1.82, 2.24) is 0 Å². The molecular formula is C59H68O3P2S2. The number of ketones is 2. The van der Waals surface area contributed by atoms with E-state index in [1.165, 1.54) is 44.5 Å². The molecule has 4 unspecified atom stereocenters. The predicted molar refractivity (Wildman–Crippen MR) is 288 cm³/mol. The first kappa shape index (κ1) is 49.9. The molecule has 344 valence electrons. The Morgan fingerprint density at radius 2 is 1.00 bits per heavy atom. The lowest BCUT2D eigenvalue weighted by Crippen LogP contribution is -2.51. The van der Waals surface area contributed by atoms with Crippen LogP contribution in [0.4, 0.5) is 0 Å². The second-order valence-corrected chi connectivity index (χ2v) is 30.7. The Balaban J connectivity index is 1.53. The van der Waals surface area contributed by atoms with Crippen LogP contribution in [0, 0.1) is 34.5 Å². The standard InChI is InChI=1S/C59H68O3P2S2/c1-41(2)43(5)54(52(44-26-15-11-16-27-44)45-28-17-12-18-29-45)59(42(3)4,38-39-63(46-30-19-13-20-31-46)47-32-21-14-22-33-47)40-57(6,7)58(8,64(62,65-9)66-10)51-37-25-36-50-53(51)56(61)49-35-24-23-34-48(49)55(50)60/h11-37,41-43,52,54H,38-40H2,1-10H3. The van der Waals surface area contributed by atoms with Crippen molar-refractivity contribution in [1.29, 1.82) is 0 Å². The summed E-state index contributed by atoms with van der Waals surface area (Å²) in [6.45, 7) is 19.0. The Bertz CT molecular complexity index is 2560. The lowest BCUT2D eigenvalue weighted by molar-refractivity contribution is -0.0288. The number of hydrogen-bond donors (Lipinski definition) is 0. The molecule has 7 rings (SSSR count). The molecule has 0 aromatic heterocycles. The minimum atomic E-state index is -3.31. The molecule has 0 amide bonds. The molecule has 0 saturated carbocycles. The van der Waals surface area contributed by atoms with Crippen LogP contribution < -0.4 is 10.6 Å². The van der Waals surface area contributed by atoms with Gasteiger partial charge in [0, 0.05) is 28.2 Å². The lowest BCUT2D eigenvalue weighted by atomic mass is 9.49. The zero-order valence-electron chi connectivity index (χ0n) is 40.5. The van der Waals surface area contributed by atoms with E-state index in [-0.39, 0.29) is 40.7 Å². The fourth-order valence-corrected chi connectivity index (χ4v) is 22.3. The summed E-state index contributed by atoms with van der Waals surface area (Å²) >= 11 is 2.86. The van der Waals surface area contributed by atoms with E-state index >= 15 is 9.36 Å². The van der Waals surface area contributed by atoms with Crippen molar-refractivity contribution in [3.8, 4) is 0 Å². The summed E-state index contributed by atoms with van der Waals surface area (Å²) in [5.41, 5.74) is 0.623. The van der Waals surface area contributed by atoms with Gasteiger partial charge in [-0.05, 0) is 108 Å². The van der Waals surface area contributed by atoms with Crippen molar-refractivity contribution < 1.29 is 14.2 Å². The number of benzene rings is 6. The maximum atomic E-state index is 16.4. The average molecular weight is 951 g/mol. The van der Waals surface area contributed by atoms with Crippen molar-refractivity contribution >= 4 is 58.4 Å². The fraction of sp³-hybridized carbons (Fsp3) is 0.356. The first-order chi connectivity index (χ1) is 31.6. The van der Waals surface area contributed by atoms with Crippen LogP contribution in [0.3, 0.4) is 0 Å². The molecule has 0 bridgehead atoms. The molecular weight excluding hydrogens is 883 g/mol. The van der Waals surface area contributed by atoms with Gasteiger partial charge in [0.2, 0.25) is 5.55 Å². The van der Waals surface area contributed by atoms with Crippen LogP contribution in [-0.2, 0) is 9.72 Å². The highest BCUT2D eigenvalue weighted by atomic mass is 33.1. The van der Waals surface area contributed by atoms with Gasteiger partial charge in [0.05, 0.1) is 5.16 Å². The summed E-state index contributed by atoms with van der Waals surface area (Å²) in [7, 11) is -0.757. The van der Waals surface area contributed by atoms with Crippen LogP contribution >= 0.6 is 36.2 Å². The van der Waals surface area contributed by atoms with Gasteiger partial charge < -0.3 is 0 Å². The Morgan fingerprint density at radius 1 is 0.561 bits per heavy atom. The number of carbonyl (C=O) groups is 2. The second-order valence-electron chi connectivity index (χ2n) is 19.8. The Hall–Kier alpha value is -3.98. The summed E-state index contributed by atoms with van der Waals surface area (Å²) in [6.07, 6.45) is 6.57. The summed E-state index contributed by atoms with van der Waals surface area (Å²) in [4.78, 5) is 29.4. The van der Waals surface area contributed by atoms with Gasteiger partial charge in [-0.25, -0.2) is 0 Å². The Morgan fingerprint density at radius 3 is 1.45 bits per heavy atom. The van der Waals surface area contributed by atoms with Crippen molar-refractivity contribution in [2.75, 3.05) is 18.7 Å². The zero-order chi connectivity index (χ0) is 47.4. The number of hydrogen-bond acceptors (Lipinski definition) is 5. The van der Waals surface area contributed by atoms with E-state index < -0.39 is 24.0 Å². The van der Waals surface area contributed by atoms with Crippen LogP contribution in [0.1, 0.15) is 123 Å². The SMILES string of the molecule is CSP(=O)(SC)C(C)(c1cccc2c1C(=O)c1ccccc1C2=O)C(C)(C)CC(CCP(c1ccccc1)c1ccccc1)(C(C)C)C(C(c1ccccc1)c1ccccc1)C(C)C(C)C. The average Bonchev–Trinajstić information content (AvgIpc) is 3.34. The van der Waals surface area contributed by atoms with Crippen molar-refractivity contribution in [3.05, 3.63) is 203 Å². The van der Waals surface area contributed by atoms with Gasteiger partial charge in [-0.3, -0.25) is 14.2 Å². The third kappa shape index (κ3) is 9.17. The summed E-state index contributed by atoms with van der Waals surface area (Å²) in [5, 5.41) is 1.67. The van der Waals surface area contributed by atoms with Gasteiger partial charge in [-0.1, -0.05) is 235 Å². The third-order valence-corrected chi connectivity index (χ3v) is 28.8. The van der Waals surface area contributed by atoms with Crippen LogP contribution in [0.15, 0.2) is 164 Å². The minimum absolute atomic E-state index is 0.0574. The molecule has 7 heteroatoms. The molecule has 3 nitrogen and oxygen atoms in total. The second kappa shape index (κ2) is 20.7. The first-order valence-corrected chi connectivity index (χ1v) is 30.5. The summed E-state index contributed by atoms with van der Waals surface area (Å²) in [6, 6.07) is 57.4. The van der Waals surface area contributed by atoms with Gasteiger partial charge in [0.25, 0.3) is 0 Å². The van der Waals surface area contributed by atoms with Gasteiger partial charge >= 0.3 is 0 Å². The largest absolute Gasteiger partial charge is 0.300 e. The van der Waals surface area contributed by atoms with Gasteiger partial charge in [0.15, 0.2) is 11.6 Å². The molecule has 0 fully saturated rings. The number of rotatable bonds is 19. The van der Waals surface area contributed by atoms with E-state index in [0.717, 1.165) is 24.6 Å². The monoisotopic (exact) mass is 950 g/mol. The van der Waals surface area contributed by atoms with Crippen LogP contribution in [0.25, 0.3) is 0 Å². The Kier molecular flexibility index (Phi) is 15.7. The Labute approximate surface area is 405 Å². The van der Waals surface area contributed by atoms with Gasteiger partial charge in [0.1, 0.15) is 0 Å². The van der Waals surface area contributed by atoms with Gasteiger partial charge in [-0.15, -0.1) is 0 Å². The molecule has 0 saturated heterocycles. The van der Waals surface area contributed by atoms with E-state index in [4.69, 9.17) is 0 Å². The quantitative estimate of drug-likeness (QED) is 0.0756. The molecule has 0 aliphatic heterocycles. The molecule has 0 N–H and O–H groups in total. The van der Waals surface area contributed by atoms with Crippen molar-refractivity contribution in [3.63, 3.8) is 0 Å². The molecule has 0 heterocycles. The maximum Gasteiger partial charge on any atom is 0.200 e. The van der Waals surface area contributed by atoms with E-state index in [1.54, 1.807) is 18.2 Å². The zero-order valence-corrected chi connectivity index (χ0v) is 44.0. The van der Waals surface area contributed by atoms with Crippen LogP contribution in [0.2, 0.25) is 0 Å². The molecule has 4 atom stereocenters. The van der Waals surface area contributed by atoms with Crippen molar-refractivity contribution in [2.24, 2.45) is 34.5 Å². The normalized spacial score (nSPS) is 15.9. The molecule has 6 aromatic carbocycles. The molecule has 1 aliphatic rings. The number of fused-ring (bicyclic) bond motifs is 2. The highest BCUT2D eigenvalue weighted by Crippen LogP contribution is 2.84. The van der Waals surface area contributed by atoms with E-state index in [2.05, 4.69) is 177 Å². The molecule has 0 radical (unpaired) electrons. The topological polar surface area (TPSA) is 51.2 Å². The number of carbonyl (C=O) groups excluding carboxylic acids is 2. The first-order valence-electron chi connectivity index (χ1n) is 23.6. The molecule has 1 aliphatic carbocycles. The lowest BCUT2D eigenvalue weighted by Gasteiger charge is -2.58. The van der Waals surface area contributed by atoms with Crippen LogP contribution in [-0.4, -0.2) is 30.2 Å². The molecule has 6 aromatic rings. The van der Waals surface area contributed by atoms with E-state index in [1.807, 2.05) is 36.8 Å². The fourth-order valence-electron chi connectivity index (χ4n) is 11.6. The summed E-state index contributed by atoms with van der Waals surface area (Å²) in [5.74, 6) is 0.685. The third-order valence-electron chi connectivity index (χ3n) is 15.6. The van der Waals surface area contributed by atoms with Crippen molar-refractivity contribution in [2.45, 2.75) is 79.3 Å². The highest BCUT2D eigenvalue weighted by Gasteiger charge is 2.61. The smallest absolute Gasteiger partial charge is 0.200 e. The minimum Gasteiger partial charge on any atom is -0.300 e. The maximum absolute atomic E-state index is 16.4. The van der Waals surface area contributed by atoms with E-state index in [9.17, 15) is 4.79 Å². The van der Waals surface area contributed by atoms with Crippen LogP contribution in [0.5, 0.6) is 0 Å². The molecule has 66 heavy (non-hydrogen) atoms. The van der Waals surface area contributed by atoms with Gasteiger partial charge in [-0.2, -0.15) is 0 Å².